The van der Waals surface area contributed by atoms with Crippen molar-refractivity contribution in [3.8, 4) is 5.75 Å². The first kappa shape index (κ1) is 16.6. The number of amides is 2. The van der Waals surface area contributed by atoms with Crippen LogP contribution in [0.1, 0.15) is 12.8 Å². The molecule has 0 spiro atoms. The average Bonchev–Trinajstić information content (AvgIpc) is 2.47. The number of nitrogens with one attached hydrogen (secondary N) is 2. The third kappa shape index (κ3) is 4.28. The standard InChI is InChI=1S/C14H21N3O2.ClH/c1-15-12-6-4-8-17(10-12)14(18)16-11-5-3-7-13(9-11)19-2;/h3,5,7,9,12,15H,4,6,8,10H2,1-2H3,(H,16,18);1H/t12-;/m0./s1. The van der Waals surface area contributed by atoms with Gasteiger partial charge in [0.25, 0.3) is 0 Å². The Morgan fingerprint density at radius 1 is 1.45 bits per heavy atom. The number of carbonyl (C=O) groups excluding carboxylic acids is 1. The van der Waals surface area contributed by atoms with Crippen LogP contribution in [0.5, 0.6) is 5.75 Å². The number of hydrogen-bond acceptors (Lipinski definition) is 3. The van der Waals surface area contributed by atoms with Crippen LogP contribution < -0.4 is 15.4 Å². The van der Waals surface area contributed by atoms with Crippen molar-refractivity contribution in [1.29, 1.82) is 0 Å². The number of benzene rings is 1. The lowest BCUT2D eigenvalue weighted by Crippen LogP contribution is -2.48. The van der Waals surface area contributed by atoms with E-state index in [2.05, 4.69) is 10.6 Å². The highest BCUT2D eigenvalue weighted by atomic mass is 35.5. The molecule has 0 aliphatic carbocycles. The molecule has 0 bridgehead atoms. The molecule has 1 atom stereocenters. The summed E-state index contributed by atoms with van der Waals surface area (Å²) in [5.41, 5.74) is 0.760. The van der Waals surface area contributed by atoms with Crippen LogP contribution in [0.2, 0.25) is 0 Å². The molecule has 1 fully saturated rings. The normalized spacial score (nSPS) is 18.1. The van der Waals surface area contributed by atoms with Crippen molar-refractivity contribution in [2.45, 2.75) is 18.9 Å². The van der Waals surface area contributed by atoms with Gasteiger partial charge in [-0.25, -0.2) is 4.79 Å². The lowest BCUT2D eigenvalue weighted by Gasteiger charge is -2.32. The predicted octanol–water partition coefficient (Wildman–Crippen LogP) is 2.33. The molecule has 0 saturated carbocycles. The second-order valence-corrected chi connectivity index (χ2v) is 4.74. The van der Waals surface area contributed by atoms with E-state index in [9.17, 15) is 4.79 Å². The molecule has 1 aromatic rings. The van der Waals surface area contributed by atoms with E-state index in [0.717, 1.165) is 37.4 Å². The Kier molecular flexibility index (Phi) is 6.61. The molecule has 1 aliphatic rings. The summed E-state index contributed by atoms with van der Waals surface area (Å²) in [4.78, 5) is 14.0. The summed E-state index contributed by atoms with van der Waals surface area (Å²) in [5, 5.41) is 6.14. The largest absolute Gasteiger partial charge is 0.497 e. The van der Waals surface area contributed by atoms with Gasteiger partial charge in [0.2, 0.25) is 0 Å². The van der Waals surface area contributed by atoms with Crippen LogP contribution in [-0.2, 0) is 0 Å². The van der Waals surface area contributed by atoms with Gasteiger partial charge < -0.3 is 20.3 Å². The average molecular weight is 300 g/mol. The number of halogens is 1. The Balaban J connectivity index is 0.00000200. The number of hydrogen-bond donors (Lipinski definition) is 2. The van der Waals surface area contributed by atoms with E-state index in [1.807, 2.05) is 36.2 Å². The van der Waals surface area contributed by atoms with E-state index in [0.29, 0.717) is 6.04 Å². The Morgan fingerprint density at radius 3 is 2.95 bits per heavy atom. The van der Waals surface area contributed by atoms with Gasteiger partial charge in [0.1, 0.15) is 5.75 Å². The van der Waals surface area contributed by atoms with Crippen LogP contribution in [-0.4, -0.2) is 44.2 Å². The summed E-state index contributed by atoms with van der Waals surface area (Å²) in [5.74, 6) is 0.740. The van der Waals surface area contributed by atoms with Crippen molar-refractivity contribution in [1.82, 2.24) is 10.2 Å². The van der Waals surface area contributed by atoms with Gasteiger partial charge in [-0.2, -0.15) is 0 Å². The number of carbonyl (C=O) groups is 1. The molecule has 6 heteroatoms. The van der Waals surface area contributed by atoms with Gasteiger partial charge in [-0.3, -0.25) is 0 Å². The quantitative estimate of drug-likeness (QED) is 0.901. The van der Waals surface area contributed by atoms with Crippen LogP contribution in [0.25, 0.3) is 0 Å². The van der Waals surface area contributed by atoms with Crippen molar-refractivity contribution in [2.75, 3.05) is 32.6 Å². The SMILES string of the molecule is CN[C@H]1CCCN(C(=O)Nc2cccc(OC)c2)C1.Cl. The lowest BCUT2D eigenvalue weighted by molar-refractivity contribution is 0.187. The summed E-state index contributed by atoms with van der Waals surface area (Å²) in [6.07, 6.45) is 2.16. The number of likely N-dealkylation sites (tertiary alicyclic amines) is 1. The monoisotopic (exact) mass is 299 g/mol. The molecule has 2 N–H and O–H groups in total. The smallest absolute Gasteiger partial charge is 0.321 e. The zero-order valence-electron chi connectivity index (χ0n) is 11.9. The first-order valence-electron chi connectivity index (χ1n) is 6.60. The third-order valence-corrected chi connectivity index (χ3v) is 3.44. The summed E-state index contributed by atoms with van der Waals surface area (Å²) >= 11 is 0. The second kappa shape index (κ2) is 7.97. The van der Waals surface area contributed by atoms with E-state index < -0.39 is 0 Å². The number of methoxy groups -OCH3 is 1. The maximum absolute atomic E-state index is 12.2. The zero-order chi connectivity index (χ0) is 13.7. The summed E-state index contributed by atoms with van der Waals surface area (Å²) in [6.45, 7) is 1.57. The first-order valence-corrected chi connectivity index (χ1v) is 6.60. The van der Waals surface area contributed by atoms with Crippen molar-refractivity contribution < 1.29 is 9.53 Å². The molecule has 2 amide bonds. The molecule has 0 radical (unpaired) electrons. The summed E-state index contributed by atoms with van der Waals surface area (Å²) in [7, 11) is 3.55. The second-order valence-electron chi connectivity index (χ2n) is 4.74. The fourth-order valence-corrected chi connectivity index (χ4v) is 2.30. The van der Waals surface area contributed by atoms with E-state index in [1.165, 1.54) is 0 Å². The number of rotatable bonds is 3. The minimum absolute atomic E-state index is 0. The van der Waals surface area contributed by atoms with Crippen LogP contribution >= 0.6 is 12.4 Å². The number of anilines is 1. The van der Waals surface area contributed by atoms with Crippen molar-refractivity contribution in [3.63, 3.8) is 0 Å². The summed E-state index contributed by atoms with van der Waals surface area (Å²) in [6, 6.07) is 7.74. The molecule has 112 valence electrons. The highest BCUT2D eigenvalue weighted by Crippen LogP contribution is 2.18. The van der Waals surface area contributed by atoms with Gasteiger partial charge in [0, 0.05) is 30.9 Å². The Labute approximate surface area is 126 Å². The first-order chi connectivity index (χ1) is 9.22. The van der Waals surface area contributed by atoms with E-state index >= 15 is 0 Å². The number of piperidine rings is 1. The minimum Gasteiger partial charge on any atom is -0.497 e. The van der Waals surface area contributed by atoms with Crippen molar-refractivity contribution in [2.24, 2.45) is 0 Å². The Morgan fingerprint density at radius 2 is 2.25 bits per heavy atom. The van der Waals surface area contributed by atoms with E-state index in [1.54, 1.807) is 7.11 Å². The number of nitrogens with zero attached hydrogens (tertiary/aromatic N) is 1. The number of urea groups is 1. The van der Waals surface area contributed by atoms with Gasteiger partial charge in [0.15, 0.2) is 0 Å². The van der Waals surface area contributed by atoms with Gasteiger partial charge in [0.05, 0.1) is 7.11 Å². The highest BCUT2D eigenvalue weighted by molar-refractivity contribution is 5.89. The fraction of sp³-hybridized carbons (Fsp3) is 0.500. The fourth-order valence-electron chi connectivity index (χ4n) is 2.30. The molecule has 0 aromatic heterocycles. The highest BCUT2D eigenvalue weighted by Gasteiger charge is 2.22. The van der Waals surface area contributed by atoms with Crippen molar-refractivity contribution in [3.05, 3.63) is 24.3 Å². The number of ether oxygens (including phenoxy) is 1. The topological polar surface area (TPSA) is 53.6 Å². The maximum Gasteiger partial charge on any atom is 0.321 e. The van der Waals surface area contributed by atoms with Gasteiger partial charge >= 0.3 is 6.03 Å². The molecule has 2 rings (SSSR count). The van der Waals surface area contributed by atoms with E-state index in [-0.39, 0.29) is 18.4 Å². The Hall–Kier alpha value is -1.46. The molecule has 1 aromatic carbocycles. The van der Waals surface area contributed by atoms with Gasteiger partial charge in [-0.15, -0.1) is 12.4 Å². The van der Waals surface area contributed by atoms with Gasteiger partial charge in [-0.05, 0) is 32.0 Å². The van der Waals surface area contributed by atoms with Crippen LogP contribution in [0, 0.1) is 0 Å². The lowest BCUT2D eigenvalue weighted by atomic mass is 10.1. The predicted molar refractivity (Wildman–Crippen MR) is 82.9 cm³/mol. The number of likely N-dealkylation sites (N-methyl/N-ethyl adjacent to an activating group) is 1. The summed E-state index contributed by atoms with van der Waals surface area (Å²) < 4.78 is 5.14. The third-order valence-electron chi connectivity index (χ3n) is 3.44. The molecule has 1 heterocycles. The molecule has 1 saturated heterocycles. The maximum atomic E-state index is 12.2. The zero-order valence-corrected chi connectivity index (χ0v) is 12.7. The van der Waals surface area contributed by atoms with Crippen LogP contribution in [0.3, 0.4) is 0 Å². The molecule has 0 unspecified atom stereocenters. The molecule has 20 heavy (non-hydrogen) atoms. The molecular formula is C14H22ClN3O2. The van der Waals surface area contributed by atoms with E-state index in [4.69, 9.17) is 4.74 Å². The van der Waals surface area contributed by atoms with Crippen LogP contribution in [0.4, 0.5) is 10.5 Å². The van der Waals surface area contributed by atoms with Crippen LogP contribution in [0.15, 0.2) is 24.3 Å². The van der Waals surface area contributed by atoms with Crippen molar-refractivity contribution >= 4 is 24.1 Å². The Bertz CT molecular complexity index is 442. The molecule has 1 aliphatic heterocycles. The molecule has 5 nitrogen and oxygen atoms in total. The van der Waals surface area contributed by atoms with Gasteiger partial charge in [-0.1, -0.05) is 6.07 Å². The molecular weight excluding hydrogens is 278 g/mol. The minimum atomic E-state index is -0.0480.